The number of benzene rings is 2. The molecule has 0 aliphatic carbocycles. The van der Waals surface area contributed by atoms with Crippen molar-refractivity contribution in [1.29, 1.82) is 0 Å². The average Bonchev–Trinajstić information content (AvgIpc) is 2.64. The number of amides is 1. The van der Waals surface area contributed by atoms with Gasteiger partial charge in [0.25, 0.3) is 0 Å². The molecule has 0 aromatic heterocycles. The Morgan fingerprint density at radius 3 is 2.24 bits per heavy atom. The van der Waals surface area contributed by atoms with Crippen LogP contribution in [0.2, 0.25) is 0 Å². The molecular weight excluding hydrogens is 310 g/mol. The molecule has 0 radical (unpaired) electrons. The van der Waals surface area contributed by atoms with Crippen LogP contribution in [0.1, 0.15) is 38.8 Å². The summed E-state index contributed by atoms with van der Waals surface area (Å²) in [6.07, 6.45) is 0.453. The SMILES string of the molecule is CCN(CC)c1ccc(NCCC(=O)NC(C)c2ccccc2)cc1. The van der Waals surface area contributed by atoms with Crippen molar-refractivity contribution in [1.82, 2.24) is 5.32 Å². The number of nitrogens with one attached hydrogen (secondary N) is 2. The number of hydrogen-bond acceptors (Lipinski definition) is 3. The molecule has 0 heterocycles. The molecule has 2 aromatic rings. The highest BCUT2D eigenvalue weighted by Gasteiger charge is 2.08. The van der Waals surface area contributed by atoms with Crippen LogP contribution in [-0.4, -0.2) is 25.5 Å². The minimum Gasteiger partial charge on any atom is -0.385 e. The number of hydrogen-bond donors (Lipinski definition) is 2. The summed E-state index contributed by atoms with van der Waals surface area (Å²) in [5.74, 6) is 0.0589. The Morgan fingerprint density at radius 1 is 1.00 bits per heavy atom. The second-order valence-electron chi connectivity index (χ2n) is 6.10. The molecule has 2 aromatic carbocycles. The lowest BCUT2D eigenvalue weighted by Gasteiger charge is -2.21. The van der Waals surface area contributed by atoms with Gasteiger partial charge in [-0.25, -0.2) is 0 Å². The lowest BCUT2D eigenvalue weighted by Crippen LogP contribution is -2.28. The second kappa shape index (κ2) is 9.72. The monoisotopic (exact) mass is 339 g/mol. The molecule has 0 fully saturated rings. The molecule has 25 heavy (non-hydrogen) atoms. The molecule has 0 bridgehead atoms. The van der Waals surface area contributed by atoms with Gasteiger partial charge in [-0.3, -0.25) is 4.79 Å². The summed E-state index contributed by atoms with van der Waals surface area (Å²) in [5, 5.41) is 6.35. The van der Waals surface area contributed by atoms with Gasteiger partial charge < -0.3 is 15.5 Å². The van der Waals surface area contributed by atoms with E-state index in [-0.39, 0.29) is 11.9 Å². The first-order valence-electron chi connectivity index (χ1n) is 9.07. The highest BCUT2D eigenvalue weighted by atomic mass is 16.1. The van der Waals surface area contributed by atoms with Crippen LogP contribution < -0.4 is 15.5 Å². The molecule has 2 rings (SSSR count). The van der Waals surface area contributed by atoms with Gasteiger partial charge in [0.2, 0.25) is 5.91 Å². The van der Waals surface area contributed by atoms with Gasteiger partial charge in [-0.15, -0.1) is 0 Å². The number of carbonyl (C=O) groups excluding carboxylic acids is 1. The van der Waals surface area contributed by atoms with E-state index in [1.165, 1.54) is 5.69 Å². The molecule has 4 nitrogen and oxygen atoms in total. The number of anilines is 2. The zero-order valence-electron chi connectivity index (χ0n) is 15.5. The first-order chi connectivity index (χ1) is 12.1. The Kier molecular flexibility index (Phi) is 7.33. The largest absolute Gasteiger partial charge is 0.385 e. The van der Waals surface area contributed by atoms with Crippen molar-refractivity contribution in [2.75, 3.05) is 29.9 Å². The van der Waals surface area contributed by atoms with Crippen molar-refractivity contribution in [3.05, 3.63) is 60.2 Å². The lowest BCUT2D eigenvalue weighted by atomic mass is 10.1. The van der Waals surface area contributed by atoms with Crippen LogP contribution in [0.25, 0.3) is 0 Å². The quantitative estimate of drug-likeness (QED) is 0.719. The Labute approximate surface area is 151 Å². The van der Waals surface area contributed by atoms with Crippen molar-refractivity contribution in [3.63, 3.8) is 0 Å². The third-order valence-electron chi connectivity index (χ3n) is 4.35. The lowest BCUT2D eigenvalue weighted by molar-refractivity contribution is -0.121. The maximum Gasteiger partial charge on any atom is 0.222 e. The number of carbonyl (C=O) groups is 1. The Balaban J connectivity index is 1.75. The first-order valence-corrected chi connectivity index (χ1v) is 9.07. The van der Waals surface area contributed by atoms with Gasteiger partial charge in [-0.1, -0.05) is 30.3 Å². The van der Waals surface area contributed by atoms with E-state index in [2.05, 4.69) is 53.6 Å². The van der Waals surface area contributed by atoms with Gasteiger partial charge in [0.05, 0.1) is 6.04 Å². The molecule has 1 amide bonds. The van der Waals surface area contributed by atoms with E-state index in [0.29, 0.717) is 13.0 Å². The number of rotatable bonds is 9. The highest BCUT2D eigenvalue weighted by molar-refractivity contribution is 5.77. The molecule has 0 saturated heterocycles. The van der Waals surface area contributed by atoms with Gasteiger partial charge in [0, 0.05) is 37.4 Å². The fraction of sp³-hybridized carbons (Fsp3) is 0.381. The van der Waals surface area contributed by atoms with Crippen LogP contribution in [0.5, 0.6) is 0 Å². The van der Waals surface area contributed by atoms with Crippen molar-refractivity contribution in [2.24, 2.45) is 0 Å². The van der Waals surface area contributed by atoms with E-state index < -0.39 is 0 Å². The molecular formula is C21H29N3O. The minimum atomic E-state index is 0.0297. The predicted octanol–water partition coefficient (Wildman–Crippen LogP) is 4.21. The summed E-state index contributed by atoms with van der Waals surface area (Å²) in [6.45, 7) is 8.95. The minimum absolute atomic E-state index is 0.0297. The molecule has 0 spiro atoms. The summed E-state index contributed by atoms with van der Waals surface area (Å²) in [4.78, 5) is 14.4. The smallest absolute Gasteiger partial charge is 0.222 e. The molecule has 0 saturated carbocycles. The summed E-state index contributed by atoms with van der Waals surface area (Å²) >= 11 is 0. The molecule has 4 heteroatoms. The van der Waals surface area contributed by atoms with E-state index in [9.17, 15) is 4.79 Å². The third kappa shape index (κ3) is 5.82. The van der Waals surface area contributed by atoms with Crippen molar-refractivity contribution < 1.29 is 4.79 Å². The molecule has 0 aliphatic heterocycles. The van der Waals surface area contributed by atoms with Crippen LogP contribution in [0.3, 0.4) is 0 Å². The Morgan fingerprint density at radius 2 is 1.64 bits per heavy atom. The van der Waals surface area contributed by atoms with Crippen LogP contribution in [0.4, 0.5) is 11.4 Å². The average molecular weight is 339 g/mol. The Hall–Kier alpha value is -2.49. The van der Waals surface area contributed by atoms with E-state index in [0.717, 1.165) is 24.3 Å². The van der Waals surface area contributed by atoms with Crippen LogP contribution >= 0.6 is 0 Å². The van der Waals surface area contributed by atoms with Crippen molar-refractivity contribution in [2.45, 2.75) is 33.2 Å². The molecule has 0 aliphatic rings. The van der Waals surface area contributed by atoms with Crippen LogP contribution in [0, 0.1) is 0 Å². The topological polar surface area (TPSA) is 44.4 Å². The second-order valence-corrected chi connectivity index (χ2v) is 6.10. The summed E-state index contributed by atoms with van der Waals surface area (Å²) in [7, 11) is 0. The van der Waals surface area contributed by atoms with E-state index in [4.69, 9.17) is 0 Å². The molecule has 1 atom stereocenters. The third-order valence-corrected chi connectivity index (χ3v) is 4.35. The normalized spacial score (nSPS) is 11.6. The van der Waals surface area contributed by atoms with E-state index in [1.807, 2.05) is 37.3 Å². The van der Waals surface area contributed by atoms with Crippen molar-refractivity contribution in [3.8, 4) is 0 Å². The Bertz CT molecular complexity index is 636. The fourth-order valence-corrected chi connectivity index (χ4v) is 2.84. The maximum absolute atomic E-state index is 12.1. The van der Waals surface area contributed by atoms with Gasteiger partial charge in [0.1, 0.15) is 0 Å². The van der Waals surface area contributed by atoms with E-state index >= 15 is 0 Å². The van der Waals surface area contributed by atoms with Gasteiger partial charge in [-0.05, 0) is 50.6 Å². The van der Waals surface area contributed by atoms with Gasteiger partial charge in [0.15, 0.2) is 0 Å². The molecule has 2 N–H and O–H groups in total. The zero-order chi connectivity index (χ0) is 18.1. The summed E-state index contributed by atoms with van der Waals surface area (Å²) < 4.78 is 0. The van der Waals surface area contributed by atoms with Gasteiger partial charge in [-0.2, -0.15) is 0 Å². The zero-order valence-corrected chi connectivity index (χ0v) is 15.5. The predicted molar refractivity (Wildman–Crippen MR) is 106 cm³/mol. The summed E-state index contributed by atoms with van der Waals surface area (Å²) in [6, 6.07) is 18.4. The highest BCUT2D eigenvalue weighted by Crippen LogP contribution is 2.17. The van der Waals surface area contributed by atoms with Crippen molar-refractivity contribution >= 4 is 17.3 Å². The maximum atomic E-state index is 12.1. The van der Waals surface area contributed by atoms with Crippen LogP contribution in [-0.2, 0) is 4.79 Å². The summed E-state index contributed by atoms with van der Waals surface area (Å²) in [5.41, 5.74) is 3.39. The molecule has 134 valence electrons. The van der Waals surface area contributed by atoms with Crippen LogP contribution in [0.15, 0.2) is 54.6 Å². The van der Waals surface area contributed by atoms with Gasteiger partial charge >= 0.3 is 0 Å². The fourth-order valence-electron chi connectivity index (χ4n) is 2.84. The number of nitrogens with zero attached hydrogens (tertiary/aromatic N) is 1. The van der Waals surface area contributed by atoms with E-state index in [1.54, 1.807) is 0 Å². The first kappa shape index (κ1) is 18.8. The molecule has 1 unspecified atom stereocenters. The standard InChI is InChI=1S/C21H29N3O/c1-4-24(5-2)20-13-11-19(12-14-20)22-16-15-21(25)23-17(3)18-9-7-6-8-10-18/h6-14,17,22H,4-5,15-16H2,1-3H3,(H,23,25).